The summed E-state index contributed by atoms with van der Waals surface area (Å²) < 4.78 is 0.815. The predicted molar refractivity (Wildman–Crippen MR) is 87.7 cm³/mol. The SMILES string of the molecule is Cc1ncc(C#N)c(Nc2ccc3[nH]ccc3c2C)c1Br. The van der Waals surface area contributed by atoms with Gasteiger partial charge >= 0.3 is 0 Å². The second kappa shape index (κ2) is 5.23. The zero-order valence-corrected chi connectivity index (χ0v) is 13.2. The monoisotopic (exact) mass is 340 g/mol. The Balaban J connectivity index is 2.13. The first-order valence-electron chi connectivity index (χ1n) is 6.50. The van der Waals surface area contributed by atoms with Gasteiger partial charge in [0.1, 0.15) is 6.07 Å². The van der Waals surface area contributed by atoms with Crippen molar-refractivity contribution in [3.63, 3.8) is 0 Å². The number of aryl methyl sites for hydroxylation is 2. The maximum atomic E-state index is 9.26. The third-order valence-corrected chi connectivity index (χ3v) is 4.55. The van der Waals surface area contributed by atoms with Crippen LogP contribution in [-0.2, 0) is 0 Å². The highest BCUT2D eigenvalue weighted by Gasteiger charge is 2.12. The number of fused-ring (bicyclic) bond motifs is 1. The number of aromatic amines is 1. The first kappa shape index (κ1) is 13.7. The van der Waals surface area contributed by atoms with Crippen LogP contribution in [0.3, 0.4) is 0 Å². The third kappa shape index (κ3) is 2.28. The molecular weight excluding hydrogens is 328 g/mol. The van der Waals surface area contributed by atoms with Gasteiger partial charge in [-0.15, -0.1) is 0 Å². The number of hydrogen-bond acceptors (Lipinski definition) is 3. The molecule has 104 valence electrons. The molecule has 0 unspecified atom stereocenters. The second-order valence-corrected chi connectivity index (χ2v) is 5.65. The number of nitriles is 1. The Bertz CT molecular complexity index is 874. The maximum absolute atomic E-state index is 9.26. The lowest BCUT2D eigenvalue weighted by molar-refractivity contribution is 1.17. The van der Waals surface area contributed by atoms with Crippen molar-refractivity contribution in [2.24, 2.45) is 0 Å². The van der Waals surface area contributed by atoms with E-state index >= 15 is 0 Å². The van der Waals surface area contributed by atoms with Crippen LogP contribution < -0.4 is 5.32 Å². The molecule has 0 saturated carbocycles. The van der Waals surface area contributed by atoms with Crippen molar-refractivity contribution >= 4 is 38.2 Å². The van der Waals surface area contributed by atoms with Crippen LogP contribution in [0.15, 0.2) is 35.1 Å². The summed E-state index contributed by atoms with van der Waals surface area (Å²) >= 11 is 3.51. The minimum absolute atomic E-state index is 0.515. The number of nitrogens with zero attached hydrogens (tertiary/aromatic N) is 2. The van der Waals surface area contributed by atoms with Gasteiger partial charge in [0.2, 0.25) is 0 Å². The molecule has 0 spiro atoms. The molecule has 2 N–H and O–H groups in total. The Morgan fingerprint density at radius 1 is 1.29 bits per heavy atom. The van der Waals surface area contributed by atoms with E-state index in [1.54, 1.807) is 6.20 Å². The Kier molecular flexibility index (Phi) is 3.40. The van der Waals surface area contributed by atoms with Crippen LogP contribution in [0.2, 0.25) is 0 Å². The van der Waals surface area contributed by atoms with E-state index in [1.165, 1.54) is 5.39 Å². The molecule has 2 aromatic heterocycles. The molecule has 0 atom stereocenters. The van der Waals surface area contributed by atoms with Gasteiger partial charge in [0.05, 0.1) is 21.4 Å². The van der Waals surface area contributed by atoms with Crippen LogP contribution in [0.5, 0.6) is 0 Å². The molecule has 3 rings (SSSR count). The van der Waals surface area contributed by atoms with Crippen molar-refractivity contribution < 1.29 is 0 Å². The van der Waals surface area contributed by atoms with Gasteiger partial charge < -0.3 is 10.3 Å². The Morgan fingerprint density at radius 3 is 2.86 bits per heavy atom. The van der Waals surface area contributed by atoms with Crippen LogP contribution >= 0.6 is 15.9 Å². The van der Waals surface area contributed by atoms with Gasteiger partial charge in [-0.05, 0) is 53.5 Å². The summed E-state index contributed by atoms with van der Waals surface area (Å²) in [5.41, 5.74) is 5.33. The molecule has 0 radical (unpaired) electrons. The topological polar surface area (TPSA) is 64.5 Å². The minimum Gasteiger partial charge on any atom is -0.361 e. The fraction of sp³-hybridized carbons (Fsp3) is 0.125. The molecule has 4 nitrogen and oxygen atoms in total. The summed E-state index contributed by atoms with van der Waals surface area (Å²) in [7, 11) is 0. The summed E-state index contributed by atoms with van der Waals surface area (Å²) in [6.45, 7) is 3.96. The van der Waals surface area contributed by atoms with E-state index in [1.807, 2.05) is 31.3 Å². The normalized spacial score (nSPS) is 10.6. The molecule has 0 fully saturated rings. The summed E-state index contributed by atoms with van der Waals surface area (Å²) in [6.07, 6.45) is 3.52. The van der Waals surface area contributed by atoms with Crippen molar-refractivity contribution in [1.29, 1.82) is 5.26 Å². The number of benzene rings is 1. The number of nitrogens with one attached hydrogen (secondary N) is 2. The van der Waals surface area contributed by atoms with Gasteiger partial charge in [0, 0.05) is 29.0 Å². The molecular formula is C16H13BrN4. The first-order chi connectivity index (χ1) is 10.1. The average molecular weight is 341 g/mol. The van der Waals surface area contributed by atoms with Gasteiger partial charge in [0.25, 0.3) is 0 Å². The lowest BCUT2D eigenvalue weighted by atomic mass is 10.1. The van der Waals surface area contributed by atoms with Gasteiger partial charge in [-0.25, -0.2) is 0 Å². The van der Waals surface area contributed by atoms with Crippen LogP contribution in [-0.4, -0.2) is 9.97 Å². The number of halogens is 1. The smallest absolute Gasteiger partial charge is 0.103 e. The van der Waals surface area contributed by atoms with Crippen LogP contribution in [0.25, 0.3) is 10.9 Å². The number of rotatable bonds is 2. The third-order valence-electron chi connectivity index (χ3n) is 3.58. The van der Waals surface area contributed by atoms with Crippen molar-refractivity contribution in [3.05, 3.63) is 51.9 Å². The Labute approximate surface area is 131 Å². The molecule has 0 aliphatic heterocycles. The van der Waals surface area contributed by atoms with E-state index in [0.717, 1.165) is 32.6 Å². The van der Waals surface area contributed by atoms with Gasteiger partial charge in [-0.1, -0.05) is 0 Å². The van der Waals surface area contributed by atoms with E-state index in [2.05, 4.69) is 44.2 Å². The summed E-state index contributed by atoms with van der Waals surface area (Å²) in [5.74, 6) is 0. The lowest BCUT2D eigenvalue weighted by Gasteiger charge is -2.14. The molecule has 0 aliphatic rings. The molecule has 5 heteroatoms. The molecule has 0 bridgehead atoms. The van der Waals surface area contributed by atoms with E-state index < -0.39 is 0 Å². The lowest BCUT2D eigenvalue weighted by Crippen LogP contribution is -2.00. The zero-order chi connectivity index (χ0) is 15.0. The molecule has 2 heterocycles. The highest BCUT2D eigenvalue weighted by atomic mass is 79.9. The quantitative estimate of drug-likeness (QED) is 0.718. The maximum Gasteiger partial charge on any atom is 0.103 e. The number of pyridine rings is 1. The first-order valence-corrected chi connectivity index (χ1v) is 7.30. The van der Waals surface area contributed by atoms with Gasteiger partial charge in [0.15, 0.2) is 0 Å². The molecule has 21 heavy (non-hydrogen) atoms. The predicted octanol–water partition coefficient (Wildman–Crippen LogP) is 4.56. The number of anilines is 2. The van der Waals surface area contributed by atoms with Crippen molar-refractivity contribution in [2.45, 2.75) is 13.8 Å². The van der Waals surface area contributed by atoms with E-state index in [-0.39, 0.29) is 0 Å². The number of hydrogen-bond donors (Lipinski definition) is 2. The highest BCUT2D eigenvalue weighted by molar-refractivity contribution is 9.10. The average Bonchev–Trinajstić information content (AvgIpc) is 2.96. The molecule has 1 aromatic carbocycles. The van der Waals surface area contributed by atoms with Crippen LogP contribution in [0, 0.1) is 25.2 Å². The zero-order valence-electron chi connectivity index (χ0n) is 11.7. The van der Waals surface area contributed by atoms with Crippen molar-refractivity contribution in [2.75, 3.05) is 5.32 Å². The second-order valence-electron chi connectivity index (χ2n) is 4.86. The van der Waals surface area contributed by atoms with Gasteiger partial charge in [-0.2, -0.15) is 5.26 Å². The highest BCUT2D eigenvalue weighted by Crippen LogP contribution is 2.33. The van der Waals surface area contributed by atoms with E-state index in [9.17, 15) is 5.26 Å². The van der Waals surface area contributed by atoms with Crippen molar-refractivity contribution in [3.8, 4) is 6.07 Å². The summed E-state index contributed by atoms with van der Waals surface area (Å²) in [6, 6.07) is 8.26. The van der Waals surface area contributed by atoms with E-state index in [4.69, 9.17) is 0 Å². The molecule has 3 aromatic rings. The van der Waals surface area contributed by atoms with Gasteiger partial charge in [-0.3, -0.25) is 4.98 Å². The number of aromatic nitrogens is 2. The fourth-order valence-corrected chi connectivity index (χ4v) is 2.76. The Morgan fingerprint density at radius 2 is 2.10 bits per heavy atom. The van der Waals surface area contributed by atoms with E-state index in [0.29, 0.717) is 5.56 Å². The molecule has 0 amide bonds. The number of H-pyrrole nitrogens is 1. The van der Waals surface area contributed by atoms with Crippen LogP contribution in [0.4, 0.5) is 11.4 Å². The summed E-state index contributed by atoms with van der Waals surface area (Å²) in [4.78, 5) is 7.40. The van der Waals surface area contributed by atoms with Crippen LogP contribution in [0.1, 0.15) is 16.8 Å². The summed E-state index contributed by atoms with van der Waals surface area (Å²) in [5, 5.41) is 13.8. The largest absolute Gasteiger partial charge is 0.361 e. The molecule has 0 saturated heterocycles. The Hall–Kier alpha value is -2.32. The standard InChI is InChI=1S/C16H13BrN4/c1-9-12-5-6-19-14(12)4-3-13(9)21-16-11(7-18)8-20-10(2)15(16)17/h3-6,8,19H,1-2H3,(H,20,21). The van der Waals surface area contributed by atoms with Crippen molar-refractivity contribution in [1.82, 2.24) is 9.97 Å². The fourth-order valence-electron chi connectivity index (χ4n) is 2.34. The minimum atomic E-state index is 0.515. The molecule has 0 aliphatic carbocycles.